The van der Waals surface area contributed by atoms with Crippen molar-refractivity contribution in [1.82, 2.24) is 0 Å². The average Bonchev–Trinajstić information content (AvgIpc) is 2.61. The van der Waals surface area contributed by atoms with Crippen LogP contribution in [0.1, 0.15) is 19.3 Å². The van der Waals surface area contributed by atoms with Crippen LogP contribution in [-0.2, 0) is 0 Å². The first-order chi connectivity index (χ1) is 6.83. The molecule has 1 aliphatic carbocycles. The molecule has 3 rings (SSSR count). The topological polar surface area (TPSA) is 21.3 Å². The first-order valence-corrected chi connectivity index (χ1v) is 5.06. The maximum atomic E-state index is 12.9. The summed E-state index contributed by atoms with van der Waals surface area (Å²) in [5.41, 5.74) is 0.926. The third kappa shape index (κ3) is 1.15. The van der Waals surface area contributed by atoms with E-state index in [1.807, 2.05) is 0 Å². The SMILES string of the molecule is Fc1ccc2c(c1)OC1CCCC1N2. The lowest BCUT2D eigenvalue weighted by atomic mass is 10.1. The molecule has 2 aliphatic rings. The molecule has 1 N–H and O–H groups in total. The van der Waals surface area contributed by atoms with Crippen molar-refractivity contribution in [3.63, 3.8) is 0 Å². The molecular weight excluding hydrogens is 181 g/mol. The molecule has 14 heavy (non-hydrogen) atoms. The maximum Gasteiger partial charge on any atom is 0.145 e. The van der Waals surface area contributed by atoms with Crippen LogP contribution in [0.4, 0.5) is 10.1 Å². The van der Waals surface area contributed by atoms with Crippen LogP contribution in [0.25, 0.3) is 0 Å². The monoisotopic (exact) mass is 193 g/mol. The molecule has 2 unspecified atom stereocenters. The van der Waals surface area contributed by atoms with Crippen LogP contribution in [0.5, 0.6) is 5.75 Å². The number of anilines is 1. The van der Waals surface area contributed by atoms with Crippen LogP contribution >= 0.6 is 0 Å². The van der Waals surface area contributed by atoms with E-state index in [4.69, 9.17) is 4.74 Å². The van der Waals surface area contributed by atoms with Crippen LogP contribution in [0.3, 0.4) is 0 Å². The zero-order chi connectivity index (χ0) is 9.54. The summed E-state index contributed by atoms with van der Waals surface area (Å²) < 4.78 is 18.7. The van der Waals surface area contributed by atoms with Crippen molar-refractivity contribution in [2.45, 2.75) is 31.4 Å². The van der Waals surface area contributed by atoms with Gasteiger partial charge in [0.2, 0.25) is 0 Å². The van der Waals surface area contributed by atoms with Crippen molar-refractivity contribution in [2.24, 2.45) is 0 Å². The fourth-order valence-corrected chi connectivity index (χ4v) is 2.31. The summed E-state index contributed by atoms with van der Waals surface area (Å²) in [4.78, 5) is 0. The van der Waals surface area contributed by atoms with Gasteiger partial charge < -0.3 is 10.1 Å². The van der Waals surface area contributed by atoms with E-state index in [-0.39, 0.29) is 11.9 Å². The Labute approximate surface area is 82.1 Å². The van der Waals surface area contributed by atoms with Crippen molar-refractivity contribution < 1.29 is 9.13 Å². The highest BCUT2D eigenvalue weighted by atomic mass is 19.1. The maximum absolute atomic E-state index is 12.9. The van der Waals surface area contributed by atoms with Crippen molar-refractivity contribution in [1.29, 1.82) is 0 Å². The Morgan fingerprint density at radius 2 is 2.29 bits per heavy atom. The fraction of sp³-hybridized carbons (Fsp3) is 0.455. The van der Waals surface area contributed by atoms with E-state index in [0.29, 0.717) is 11.8 Å². The number of ether oxygens (including phenoxy) is 1. The van der Waals surface area contributed by atoms with Crippen molar-refractivity contribution >= 4 is 5.69 Å². The van der Waals surface area contributed by atoms with Gasteiger partial charge in [-0.15, -0.1) is 0 Å². The molecule has 0 aromatic heterocycles. The zero-order valence-electron chi connectivity index (χ0n) is 7.79. The molecule has 0 saturated heterocycles. The second kappa shape index (κ2) is 2.87. The molecule has 1 heterocycles. The molecule has 2 atom stereocenters. The van der Waals surface area contributed by atoms with Gasteiger partial charge in [-0.05, 0) is 31.4 Å². The lowest BCUT2D eigenvalue weighted by molar-refractivity contribution is 0.188. The zero-order valence-corrected chi connectivity index (χ0v) is 7.79. The summed E-state index contributed by atoms with van der Waals surface area (Å²) in [6.07, 6.45) is 3.66. The average molecular weight is 193 g/mol. The summed E-state index contributed by atoms with van der Waals surface area (Å²) in [7, 11) is 0. The van der Waals surface area contributed by atoms with E-state index in [2.05, 4.69) is 5.32 Å². The molecule has 1 aromatic rings. The van der Waals surface area contributed by atoms with Gasteiger partial charge in [0.25, 0.3) is 0 Å². The van der Waals surface area contributed by atoms with E-state index in [1.54, 1.807) is 6.07 Å². The van der Waals surface area contributed by atoms with E-state index < -0.39 is 0 Å². The summed E-state index contributed by atoms with van der Waals surface area (Å²) >= 11 is 0. The first kappa shape index (κ1) is 8.09. The highest BCUT2D eigenvalue weighted by Gasteiger charge is 2.33. The van der Waals surface area contributed by atoms with E-state index in [1.165, 1.54) is 18.6 Å². The van der Waals surface area contributed by atoms with Crippen LogP contribution in [0, 0.1) is 5.82 Å². The van der Waals surface area contributed by atoms with Gasteiger partial charge in [-0.3, -0.25) is 0 Å². The first-order valence-electron chi connectivity index (χ1n) is 5.06. The van der Waals surface area contributed by atoms with E-state index in [0.717, 1.165) is 18.5 Å². The van der Waals surface area contributed by atoms with Gasteiger partial charge in [0.1, 0.15) is 17.7 Å². The molecule has 1 fully saturated rings. The van der Waals surface area contributed by atoms with Gasteiger partial charge in [0.05, 0.1) is 11.7 Å². The largest absolute Gasteiger partial charge is 0.486 e. The Bertz CT molecular complexity index is 366. The Kier molecular flexibility index (Phi) is 1.66. The van der Waals surface area contributed by atoms with Gasteiger partial charge in [-0.2, -0.15) is 0 Å². The molecule has 0 radical (unpaired) electrons. The summed E-state index contributed by atoms with van der Waals surface area (Å²) in [6, 6.07) is 5.09. The molecule has 1 aromatic carbocycles. The van der Waals surface area contributed by atoms with E-state index in [9.17, 15) is 4.39 Å². The van der Waals surface area contributed by atoms with Gasteiger partial charge in [0.15, 0.2) is 0 Å². The summed E-state index contributed by atoms with van der Waals surface area (Å²) in [5.74, 6) is 0.426. The normalized spacial score (nSPS) is 28.6. The highest BCUT2D eigenvalue weighted by Crippen LogP contribution is 2.37. The van der Waals surface area contributed by atoms with Gasteiger partial charge in [-0.25, -0.2) is 4.39 Å². The van der Waals surface area contributed by atoms with Crippen LogP contribution in [0.2, 0.25) is 0 Å². The van der Waals surface area contributed by atoms with E-state index >= 15 is 0 Å². The quantitative estimate of drug-likeness (QED) is 0.683. The second-order valence-corrected chi connectivity index (χ2v) is 3.98. The minimum atomic E-state index is -0.234. The molecular formula is C11H12FNO. The number of fused-ring (bicyclic) bond motifs is 2. The minimum absolute atomic E-state index is 0.234. The highest BCUT2D eigenvalue weighted by molar-refractivity contribution is 5.59. The minimum Gasteiger partial charge on any atom is -0.486 e. The lowest BCUT2D eigenvalue weighted by Gasteiger charge is -2.30. The van der Waals surface area contributed by atoms with Crippen molar-refractivity contribution in [3.05, 3.63) is 24.0 Å². The Morgan fingerprint density at radius 1 is 1.36 bits per heavy atom. The van der Waals surface area contributed by atoms with Crippen molar-refractivity contribution in [3.8, 4) is 5.75 Å². The van der Waals surface area contributed by atoms with Crippen LogP contribution in [-0.4, -0.2) is 12.1 Å². The van der Waals surface area contributed by atoms with Crippen molar-refractivity contribution in [2.75, 3.05) is 5.32 Å². The Hall–Kier alpha value is -1.25. The molecule has 1 aliphatic heterocycles. The number of benzene rings is 1. The molecule has 2 nitrogen and oxygen atoms in total. The summed E-state index contributed by atoms with van der Waals surface area (Å²) in [6.45, 7) is 0. The fourth-order valence-electron chi connectivity index (χ4n) is 2.31. The van der Waals surface area contributed by atoms with Gasteiger partial charge in [-0.1, -0.05) is 0 Å². The van der Waals surface area contributed by atoms with Crippen LogP contribution < -0.4 is 10.1 Å². The standard InChI is InChI=1S/C11H12FNO/c12-7-4-5-9-11(6-7)14-10-3-1-2-8(10)13-9/h4-6,8,10,13H,1-3H2. The Balaban J connectivity index is 1.97. The number of rotatable bonds is 0. The van der Waals surface area contributed by atoms with Crippen LogP contribution in [0.15, 0.2) is 18.2 Å². The molecule has 0 amide bonds. The van der Waals surface area contributed by atoms with Gasteiger partial charge >= 0.3 is 0 Å². The Morgan fingerprint density at radius 3 is 3.21 bits per heavy atom. The molecule has 1 saturated carbocycles. The molecule has 74 valence electrons. The summed E-state index contributed by atoms with van der Waals surface area (Å²) in [5, 5.41) is 3.39. The molecule has 0 spiro atoms. The predicted molar refractivity (Wildman–Crippen MR) is 52.1 cm³/mol. The predicted octanol–water partition coefficient (Wildman–Crippen LogP) is 2.55. The number of nitrogens with one attached hydrogen (secondary N) is 1. The van der Waals surface area contributed by atoms with Gasteiger partial charge in [0, 0.05) is 6.07 Å². The second-order valence-electron chi connectivity index (χ2n) is 3.98. The molecule has 0 bridgehead atoms. The smallest absolute Gasteiger partial charge is 0.145 e. The number of hydrogen-bond donors (Lipinski definition) is 1. The number of hydrogen-bond acceptors (Lipinski definition) is 2. The number of halogens is 1. The lowest BCUT2D eigenvalue weighted by Crippen LogP contribution is -2.36. The molecule has 3 heteroatoms. The third-order valence-corrected chi connectivity index (χ3v) is 3.02. The third-order valence-electron chi connectivity index (χ3n) is 3.02.